The fraction of sp³-hybridized carbons (Fsp3) is 0.143. The van der Waals surface area contributed by atoms with Crippen LogP contribution in [0.4, 0.5) is 21.0 Å². The van der Waals surface area contributed by atoms with Crippen LogP contribution in [0.5, 0.6) is 0 Å². The van der Waals surface area contributed by atoms with Gasteiger partial charge < -0.3 is 15.1 Å². The van der Waals surface area contributed by atoms with E-state index in [1.54, 1.807) is 13.8 Å². The lowest BCUT2D eigenvalue weighted by Crippen LogP contribution is -2.35. The molecular weight excluding hydrogens is 424 g/mol. The van der Waals surface area contributed by atoms with E-state index >= 15 is 0 Å². The van der Waals surface area contributed by atoms with Crippen LogP contribution in [0, 0.1) is 13.8 Å². The zero-order valence-corrected chi connectivity index (χ0v) is 16.4. The number of anilines is 2. The molecule has 3 heterocycles. The molecule has 6 amide bonds. The third-order valence-electron chi connectivity index (χ3n) is 3.33. The molecule has 3 rings (SSSR count). The summed E-state index contributed by atoms with van der Waals surface area (Å²) in [6, 6.07) is -1.73. The first-order chi connectivity index (χ1) is 13.8. The Morgan fingerprint density at radius 2 is 1.21 bits per heavy atom. The first kappa shape index (κ1) is 20.0. The van der Waals surface area contributed by atoms with Crippen LogP contribution in [-0.2, 0) is 0 Å². The molecule has 0 aliphatic rings. The summed E-state index contributed by atoms with van der Waals surface area (Å²) < 4.78 is 12.2. The van der Waals surface area contributed by atoms with E-state index in [9.17, 15) is 19.2 Å². The van der Waals surface area contributed by atoms with Gasteiger partial charge in [-0.15, -0.1) is 10.2 Å². The van der Waals surface area contributed by atoms with Gasteiger partial charge in [0.15, 0.2) is 0 Å². The molecule has 29 heavy (non-hydrogen) atoms. The highest BCUT2D eigenvalue weighted by Crippen LogP contribution is 2.22. The minimum absolute atomic E-state index is 0.0627. The molecule has 0 radical (unpaired) electrons. The van der Waals surface area contributed by atoms with E-state index in [0.29, 0.717) is 11.4 Å². The van der Waals surface area contributed by atoms with Gasteiger partial charge in [0.2, 0.25) is 0 Å². The predicted octanol–water partition coefficient (Wildman–Crippen LogP) is 1.52. The van der Waals surface area contributed by atoms with Crippen molar-refractivity contribution in [3.63, 3.8) is 0 Å². The molecule has 150 valence electrons. The van der Waals surface area contributed by atoms with Gasteiger partial charge in [0.1, 0.15) is 33.7 Å². The predicted molar refractivity (Wildman–Crippen MR) is 101 cm³/mol. The number of imide groups is 2. The van der Waals surface area contributed by atoms with E-state index in [0.717, 1.165) is 35.6 Å². The van der Waals surface area contributed by atoms with Crippen LogP contribution < -0.4 is 21.3 Å². The van der Waals surface area contributed by atoms with Crippen LogP contribution in [0.1, 0.15) is 30.7 Å². The Kier molecular flexibility index (Phi) is 5.89. The second-order valence-corrected chi connectivity index (χ2v) is 6.90. The quantitative estimate of drug-likeness (QED) is 0.471. The topological polar surface area (TPSA) is 181 Å². The molecule has 0 fully saturated rings. The minimum Gasteiger partial charge on any atom is -0.468 e. The van der Waals surface area contributed by atoms with Crippen LogP contribution in [0.3, 0.4) is 0 Å². The van der Waals surface area contributed by atoms with E-state index < -0.39 is 23.9 Å². The molecule has 13 nitrogen and oxygen atoms in total. The van der Waals surface area contributed by atoms with Gasteiger partial charge in [-0.25, -0.2) is 9.59 Å². The van der Waals surface area contributed by atoms with Crippen molar-refractivity contribution >= 4 is 58.3 Å². The molecular formula is C14H12N8O5S2. The van der Waals surface area contributed by atoms with Gasteiger partial charge in [0.25, 0.3) is 11.8 Å². The summed E-state index contributed by atoms with van der Waals surface area (Å²) >= 11 is 1.70. The number of aromatic nitrogens is 4. The number of aryl methyl sites for hydroxylation is 2. The van der Waals surface area contributed by atoms with Crippen LogP contribution >= 0.6 is 23.1 Å². The van der Waals surface area contributed by atoms with Crippen molar-refractivity contribution < 1.29 is 23.6 Å². The van der Waals surface area contributed by atoms with Crippen LogP contribution in [0.25, 0.3) is 0 Å². The van der Waals surface area contributed by atoms with Gasteiger partial charge in [0.05, 0.1) is 11.4 Å². The molecule has 0 unspecified atom stereocenters. The Bertz CT molecular complexity index is 1000. The summed E-state index contributed by atoms with van der Waals surface area (Å²) in [5.74, 6) is -1.35. The highest BCUT2D eigenvalue weighted by molar-refractivity contribution is 7.08. The lowest BCUT2D eigenvalue weighted by molar-refractivity contribution is 0.0960. The number of carbonyl (C=O) groups excluding carboxylic acids is 4. The fourth-order valence-corrected chi connectivity index (χ4v) is 3.10. The first-order valence-electron chi connectivity index (χ1n) is 7.74. The van der Waals surface area contributed by atoms with Crippen LogP contribution in [0.2, 0.25) is 0 Å². The lowest BCUT2D eigenvalue weighted by atomic mass is 10.4. The smallest absolute Gasteiger partial charge is 0.326 e. The van der Waals surface area contributed by atoms with E-state index in [2.05, 4.69) is 40.4 Å². The van der Waals surface area contributed by atoms with Crippen molar-refractivity contribution in [2.75, 3.05) is 10.6 Å². The Morgan fingerprint density at radius 1 is 0.793 bits per heavy atom. The summed E-state index contributed by atoms with van der Waals surface area (Å²) in [6.07, 6.45) is 2.27. The zero-order valence-electron chi connectivity index (χ0n) is 14.8. The third kappa shape index (κ3) is 4.77. The number of hydrogen-bond acceptors (Lipinski definition) is 11. The van der Waals surface area contributed by atoms with Crippen molar-refractivity contribution in [1.29, 1.82) is 0 Å². The Hall–Kier alpha value is -3.72. The SMILES string of the molecule is Cc1nnsc1C(=O)NC(=O)Nc1cocc1NC(=O)NC(=O)c1snnc1C. The van der Waals surface area contributed by atoms with Crippen molar-refractivity contribution in [2.45, 2.75) is 13.8 Å². The van der Waals surface area contributed by atoms with Crippen molar-refractivity contribution in [1.82, 2.24) is 29.8 Å². The molecule has 0 saturated heterocycles. The molecule has 4 N–H and O–H groups in total. The van der Waals surface area contributed by atoms with Gasteiger partial charge >= 0.3 is 12.1 Å². The highest BCUT2D eigenvalue weighted by Gasteiger charge is 2.20. The Morgan fingerprint density at radius 3 is 1.55 bits per heavy atom. The van der Waals surface area contributed by atoms with E-state index in [4.69, 9.17) is 4.42 Å². The minimum atomic E-state index is -0.866. The highest BCUT2D eigenvalue weighted by atomic mass is 32.1. The normalized spacial score (nSPS) is 10.3. The number of hydrogen-bond donors (Lipinski definition) is 4. The summed E-state index contributed by atoms with van der Waals surface area (Å²) in [6.45, 7) is 3.16. The summed E-state index contributed by atoms with van der Waals surface area (Å²) in [5.41, 5.74) is 0.901. The van der Waals surface area contributed by atoms with Crippen molar-refractivity contribution in [3.05, 3.63) is 33.7 Å². The average Bonchev–Trinajstić information content (AvgIpc) is 3.37. The number of nitrogens with zero attached hydrogens (tertiary/aromatic N) is 4. The fourth-order valence-electron chi connectivity index (χ4n) is 2.00. The first-order valence-corrected chi connectivity index (χ1v) is 9.28. The zero-order chi connectivity index (χ0) is 21.0. The second-order valence-electron chi connectivity index (χ2n) is 5.39. The number of nitrogens with one attached hydrogen (secondary N) is 4. The molecule has 3 aromatic rings. The molecule has 0 spiro atoms. The van der Waals surface area contributed by atoms with E-state index in [-0.39, 0.29) is 21.1 Å². The lowest BCUT2D eigenvalue weighted by Gasteiger charge is -2.08. The standard InChI is InChI=1S/C14H12N8O5S2/c1-5-9(28-21-19-5)11(23)17-13(25)15-7-3-27-4-8(7)16-14(26)18-12(24)10-6(2)20-22-29-10/h3-4H,1-2H3,(H2,15,17,23,25)(H2,16,18,24,26). The summed E-state index contributed by atoms with van der Waals surface area (Å²) in [7, 11) is 0. The third-order valence-corrected chi connectivity index (χ3v) is 4.98. The summed E-state index contributed by atoms with van der Waals surface area (Å²) in [5, 5.41) is 16.3. The maximum atomic E-state index is 12.0. The van der Waals surface area contributed by atoms with Gasteiger partial charge in [-0.05, 0) is 36.9 Å². The Labute approximate surface area is 170 Å². The molecule has 0 saturated carbocycles. The largest absolute Gasteiger partial charge is 0.468 e. The van der Waals surface area contributed by atoms with Gasteiger partial charge in [-0.1, -0.05) is 8.98 Å². The average molecular weight is 436 g/mol. The monoisotopic (exact) mass is 436 g/mol. The van der Waals surface area contributed by atoms with Gasteiger partial charge in [-0.3, -0.25) is 20.2 Å². The molecule has 0 aliphatic heterocycles. The van der Waals surface area contributed by atoms with Gasteiger partial charge in [0, 0.05) is 0 Å². The van der Waals surface area contributed by atoms with E-state index in [1.165, 1.54) is 0 Å². The van der Waals surface area contributed by atoms with Crippen molar-refractivity contribution in [2.24, 2.45) is 0 Å². The maximum Gasteiger partial charge on any atom is 0.326 e. The number of urea groups is 2. The van der Waals surface area contributed by atoms with Crippen molar-refractivity contribution in [3.8, 4) is 0 Å². The number of rotatable bonds is 4. The molecule has 15 heteroatoms. The molecule has 0 atom stereocenters. The molecule has 0 bridgehead atoms. The second kappa shape index (κ2) is 8.53. The number of furan rings is 1. The maximum absolute atomic E-state index is 12.0. The number of carbonyl (C=O) groups is 4. The molecule has 3 aromatic heterocycles. The molecule has 0 aliphatic carbocycles. The number of amides is 6. The van der Waals surface area contributed by atoms with Gasteiger partial charge in [-0.2, -0.15) is 0 Å². The van der Waals surface area contributed by atoms with Crippen LogP contribution in [0.15, 0.2) is 16.9 Å². The summed E-state index contributed by atoms with van der Waals surface area (Å²) in [4.78, 5) is 48.4. The van der Waals surface area contributed by atoms with Crippen LogP contribution in [-0.4, -0.2) is 43.1 Å². The Balaban J connectivity index is 1.57. The van der Waals surface area contributed by atoms with E-state index in [1.807, 2.05) is 0 Å². The molecule has 0 aromatic carbocycles.